The topological polar surface area (TPSA) is 18.5 Å². The average molecular weight is 108 g/mol. The molecule has 0 bridgehead atoms. The van der Waals surface area contributed by atoms with Gasteiger partial charge in [0.15, 0.2) is 0 Å². The van der Waals surface area contributed by atoms with Crippen LogP contribution < -0.4 is 0 Å². The molecule has 0 aliphatic heterocycles. The third kappa shape index (κ3) is 4.27. The van der Waals surface area contributed by atoms with Gasteiger partial charge >= 0.3 is 0 Å². The summed E-state index contributed by atoms with van der Waals surface area (Å²) in [6, 6.07) is 0. The normalized spacial score (nSPS) is 9.00. The van der Waals surface area contributed by atoms with Crippen molar-refractivity contribution in [1.82, 2.24) is 0 Å². The largest absolute Gasteiger partial charge is 0.359 e. The van der Waals surface area contributed by atoms with Crippen molar-refractivity contribution in [2.24, 2.45) is 0 Å². The van der Waals surface area contributed by atoms with Gasteiger partial charge in [0.1, 0.15) is 6.79 Å². The van der Waals surface area contributed by atoms with Crippen molar-refractivity contribution >= 4 is 12.6 Å². The summed E-state index contributed by atoms with van der Waals surface area (Å²) in [5, 5.41) is 0. The average Bonchev–Trinajstić information content (AvgIpc) is 1.61. The Bertz CT molecular complexity index is 20.8. The lowest BCUT2D eigenvalue weighted by molar-refractivity contribution is -0.00926. The fraction of sp³-hybridized carbons (Fsp3) is 1.00. The molecule has 2 nitrogen and oxygen atoms in total. The lowest BCUT2D eigenvalue weighted by Crippen LogP contribution is -1.91. The second-order valence-electron chi connectivity index (χ2n) is 0.740. The van der Waals surface area contributed by atoms with Crippen LogP contribution in [0.4, 0.5) is 0 Å². The van der Waals surface area contributed by atoms with Crippen molar-refractivity contribution < 1.29 is 9.47 Å². The summed E-state index contributed by atoms with van der Waals surface area (Å²) in [5.74, 6) is 0.424. The SMILES string of the molecule is COCOCS. The number of hydrogen-bond donors (Lipinski definition) is 1. The molecule has 0 amide bonds. The Kier molecular flexibility index (Phi) is 5.51. The molecule has 0 atom stereocenters. The number of hydrogen-bond acceptors (Lipinski definition) is 3. The van der Waals surface area contributed by atoms with Crippen LogP contribution in [-0.2, 0) is 9.47 Å². The van der Waals surface area contributed by atoms with Crippen LogP contribution >= 0.6 is 12.6 Å². The molecule has 6 heavy (non-hydrogen) atoms. The monoisotopic (exact) mass is 108 g/mol. The highest BCUT2D eigenvalue weighted by Gasteiger charge is 1.71. The summed E-state index contributed by atoms with van der Waals surface area (Å²) in [4.78, 5) is 0. The second kappa shape index (κ2) is 5.27. The van der Waals surface area contributed by atoms with Gasteiger partial charge in [-0.3, -0.25) is 0 Å². The zero-order chi connectivity index (χ0) is 4.83. The van der Waals surface area contributed by atoms with Gasteiger partial charge in [0.2, 0.25) is 0 Å². The molecule has 0 N–H and O–H groups in total. The van der Waals surface area contributed by atoms with E-state index in [1.165, 1.54) is 0 Å². The number of methoxy groups -OCH3 is 1. The third-order valence-electron chi connectivity index (χ3n) is 0.292. The zero-order valence-corrected chi connectivity index (χ0v) is 4.57. The zero-order valence-electron chi connectivity index (χ0n) is 3.68. The summed E-state index contributed by atoms with van der Waals surface area (Å²) in [7, 11) is 1.57. The standard InChI is InChI=1S/C3H8O2S/c1-4-2-5-3-6/h6H,2-3H2,1H3. The molecule has 3 heteroatoms. The summed E-state index contributed by atoms with van der Waals surface area (Å²) < 4.78 is 9.14. The Morgan fingerprint density at radius 1 is 1.67 bits per heavy atom. The lowest BCUT2D eigenvalue weighted by atomic mass is 11.4. The van der Waals surface area contributed by atoms with E-state index in [0.29, 0.717) is 12.7 Å². The summed E-state index contributed by atoms with van der Waals surface area (Å²) in [6.45, 7) is 0.337. The van der Waals surface area contributed by atoms with Gasteiger partial charge in [-0.25, -0.2) is 0 Å². The summed E-state index contributed by atoms with van der Waals surface area (Å²) in [5.41, 5.74) is 0. The van der Waals surface area contributed by atoms with Crippen LogP contribution in [0.2, 0.25) is 0 Å². The van der Waals surface area contributed by atoms with E-state index in [4.69, 9.17) is 0 Å². The predicted octanol–water partition coefficient (Wildman–Crippen LogP) is 0.494. The third-order valence-corrected chi connectivity index (χ3v) is 0.475. The summed E-state index contributed by atoms with van der Waals surface area (Å²) in [6.07, 6.45) is 0. The van der Waals surface area contributed by atoms with Gasteiger partial charge < -0.3 is 9.47 Å². The first-order valence-corrected chi connectivity index (χ1v) is 2.22. The minimum atomic E-state index is 0.337. The van der Waals surface area contributed by atoms with E-state index in [1.807, 2.05) is 0 Å². The molecular formula is C3H8O2S. The molecule has 0 unspecified atom stereocenters. The van der Waals surface area contributed by atoms with Crippen LogP contribution in [0.25, 0.3) is 0 Å². The van der Waals surface area contributed by atoms with Gasteiger partial charge in [0.25, 0.3) is 0 Å². The molecule has 0 spiro atoms. The van der Waals surface area contributed by atoms with Crippen LogP contribution in [0.3, 0.4) is 0 Å². The van der Waals surface area contributed by atoms with Crippen LogP contribution in [0.5, 0.6) is 0 Å². The minimum Gasteiger partial charge on any atom is -0.359 e. The van der Waals surface area contributed by atoms with Gasteiger partial charge in [-0.15, -0.1) is 0 Å². The van der Waals surface area contributed by atoms with Crippen molar-refractivity contribution in [2.75, 3.05) is 19.8 Å². The van der Waals surface area contributed by atoms with Crippen molar-refractivity contribution in [3.8, 4) is 0 Å². The van der Waals surface area contributed by atoms with E-state index >= 15 is 0 Å². The van der Waals surface area contributed by atoms with Gasteiger partial charge in [-0.1, -0.05) is 0 Å². The lowest BCUT2D eigenvalue weighted by Gasteiger charge is -1.92. The van der Waals surface area contributed by atoms with E-state index < -0.39 is 0 Å². The maximum atomic E-state index is 4.62. The fourth-order valence-electron chi connectivity index (χ4n) is 0.121. The molecule has 0 saturated carbocycles. The first-order valence-electron chi connectivity index (χ1n) is 1.59. The Morgan fingerprint density at radius 2 is 2.33 bits per heavy atom. The Hall–Kier alpha value is 0.270. The smallest absolute Gasteiger partial charge is 0.147 e. The van der Waals surface area contributed by atoms with Gasteiger partial charge in [0, 0.05) is 7.11 Å². The van der Waals surface area contributed by atoms with E-state index in [0.717, 1.165) is 0 Å². The summed E-state index contributed by atoms with van der Waals surface area (Å²) >= 11 is 3.75. The van der Waals surface area contributed by atoms with Crippen LogP contribution in [0.15, 0.2) is 0 Å². The number of thiol groups is 1. The quantitative estimate of drug-likeness (QED) is 0.322. The van der Waals surface area contributed by atoms with Crippen molar-refractivity contribution in [1.29, 1.82) is 0 Å². The first-order chi connectivity index (χ1) is 2.91. The van der Waals surface area contributed by atoms with E-state index in [9.17, 15) is 0 Å². The number of ether oxygens (including phenoxy) is 2. The highest BCUT2D eigenvalue weighted by molar-refractivity contribution is 7.80. The maximum Gasteiger partial charge on any atom is 0.147 e. The van der Waals surface area contributed by atoms with Crippen LogP contribution in [0.1, 0.15) is 0 Å². The van der Waals surface area contributed by atoms with Crippen molar-refractivity contribution in [2.45, 2.75) is 0 Å². The van der Waals surface area contributed by atoms with Crippen molar-refractivity contribution in [3.05, 3.63) is 0 Å². The molecule has 0 fully saturated rings. The Morgan fingerprint density at radius 3 is 2.50 bits per heavy atom. The number of rotatable bonds is 3. The van der Waals surface area contributed by atoms with E-state index in [-0.39, 0.29) is 0 Å². The maximum absolute atomic E-state index is 4.62. The molecule has 0 aromatic carbocycles. The molecule has 0 radical (unpaired) electrons. The molecule has 0 heterocycles. The Balaban J connectivity index is 2.34. The molecule has 0 rings (SSSR count). The highest BCUT2D eigenvalue weighted by Crippen LogP contribution is 1.75. The second-order valence-corrected chi connectivity index (χ2v) is 0.998. The fourth-order valence-corrected chi connectivity index (χ4v) is 0.195. The molecule has 38 valence electrons. The van der Waals surface area contributed by atoms with Gasteiger partial charge in [0.05, 0.1) is 5.94 Å². The predicted molar refractivity (Wildman–Crippen MR) is 26.8 cm³/mol. The molecule has 0 aromatic heterocycles. The molecular weight excluding hydrogens is 100 g/mol. The van der Waals surface area contributed by atoms with Crippen LogP contribution in [0, 0.1) is 0 Å². The highest BCUT2D eigenvalue weighted by atomic mass is 32.1. The minimum absolute atomic E-state index is 0.337. The van der Waals surface area contributed by atoms with Gasteiger partial charge in [-0.05, 0) is 0 Å². The first kappa shape index (κ1) is 6.27. The molecule has 0 saturated heterocycles. The van der Waals surface area contributed by atoms with E-state index in [1.54, 1.807) is 7.11 Å². The Labute approximate surface area is 42.9 Å². The molecule has 0 aliphatic rings. The molecule has 0 aliphatic carbocycles. The van der Waals surface area contributed by atoms with Gasteiger partial charge in [-0.2, -0.15) is 12.6 Å². The van der Waals surface area contributed by atoms with Crippen molar-refractivity contribution in [3.63, 3.8) is 0 Å². The van der Waals surface area contributed by atoms with Crippen LogP contribution in [-0.4, -0.2) is 19.8 Å². The van der Waals surface area contributed by atoms with E-state index in [2.05, 4.69) is 22.1 Å². The molecule has 0 aromatic rings.